The van der Waals surface area contributed by atoms with E-state index >= 15 is 0 Å². The quantitative estimate of drug-likeness (QED) is 0.257. The van der Waals surface area contributed by atoms with E-state index in [9.17, 15) is 28.8 Å². The first kappa shape index (κ1) is 34.3. The number of ether oxygens (including phenoxy) is 7. The van der Waals surface area contributed by atoms with E-state index < -0.39 is 85.0 Å². The molecule has 6 atom stereocenters. The highest BCUT2D eigenvalue weighted by molar-refractivity contribution is 9.10. The Bertz CT molecular complexity index is 1430. The third kappa shape index (κ3) is 8.47. The van der Waals surface area contributed by atoms with Crippen LogP contribution in [0.25, 0.3) is 10.9 Å². The van der Waals surface area contributed by atoms with Crippen LogP contribution in [0, 0.1) is 0 Å². The highest BCUT2D eigenvalue weighted by Gasteiger charge is 2.60. The average Bonchev–Trinajstić information content (AvgIpc) is 3.30. The van der Waals surface area contributed by atoms with Crippen molar-refractivity contribution in [3.05, 3.63) is 28.9 Å². The number of carbonyl (C=O) groups excluding carboxylic acids is 6. The van der Waals surface area contributed by atoms with Crippen LogP contribution in [0.5, 0.6) is 5.75 Å². The number of fused-ring (bicyclic) bond motifs is 1. The van der Waals surface area contributed by atoms with Crippen LogP contribution >= 0.6 is 15.9 Å². The molecule has 2 aromatic rings. The summed E-state index contributed by atoms with van der Waals surface area (Å²) in [4.78, 5) is 77.4. The first-order valence-electron chi connectivity index (χ1n) is 13.3. The molecule has 240 valence electrons. The van der Waals surface area contributed by atoms with Crippen LogP contribution in [0.15, 0.2) is 28.9 Å². The van der Waals surface area contributed by atoms with Gasteiger partial charge in [0.15, 0.2) is 12.2 Å². The van der Waals surface area contributed by atoms with Gasteiger partial charge in [0.25, 0.3) is 0 Å². The fraction of sp³-hybridized carbons (Fsp3) is 0.500. The molecule has 2 N–H and O–H groups in total. The number of esters is 5. The number of hydrogen-bond donors (Lipinski definition) is 2. The molecule has 1 aliphatic rings. The van der Waals surface area contributed by atoms with Crippen LogP contribution in [-0.4, -0.2) is 90.7 Å². The van der Waals surface area contributed by atoms with E-state index in [0.717, 1.165) is 34.8 Å². The van der Waals surface area contributed by atoms with E-state index in [-0.39, 0.29) is 5.75 Å². The van der Waals surface area contributed by atoms with Crippen LogP contribution in [0.1, 0.15) is 41.0 Å². The number of aromatic nitrogens is 1. The third-order valence-electron chi connectivity index (χ3n) is 6.38. The molecule has 0 unspecified atom stereocenters. The van der Waals surface area contributed by atoms with Gasteiger partial charge in [-0.25, -0.2) is 4.79 Å². The Morgan fingerprint density at radius 2 is 1.70 bits per heavy atom. The summed E-state index contributed by atoms with van der Waals surface area (Å²) in [5, 5.41) is 3.13. The van der Waals surface area contributed by atoms with Gasteiger partial charge < -0.3 is 43.5 Å². The fourth-order valence-electron chi connectivity index (χ4n) is 4.83. The SMILES string of the molecule is COC(=O)[C@]1(Oc2c[nH]c3ccc(Br)cc23)C[C@H](OC(C)=O)[C@@H](NC(C)=O)[C@H]([C@H](OC(C)=O)[C@@H](COC(C)=O)OC(C)=O)O1. The lowest BCUT2D eigenvalue weighted by Crippen LogP contribution is -2.70. The maximum atomic E-state index is 13.5. The Balaban J connectivity index is 2.25. The molecule has 1 amide bonds. The zero-order valence-corrected chi connectivity index (χ0v) is 26.4. The molecule has 1 aromatic carbocycles. The van der Waals surface area contributed by atoms with Crippen LogP contribution in [-0.2, 0) is 57.2 Å². The predicted molar refractivity (Wildman–Crippen MR) is 152 cm³/mol. The van der Waals surface area contributed by atoms with Crippen molar-refractivity contribution in [3.8, 4) is 5.75 Å². The van der Waals surface area contributed by atoms with Crippen molar-refractivity contribution in [2.45, 2.75) is 77.3 Å². The summed E-state index contributed by atoms with van der Waals surface area (Å²) in [5.41, 5.74) is 0.636. The van der Waals surface area contributed by atoms with Crippen LogP contribution < -0.4 is 10.1 Å². The van der Waals surface area contributed by atoms with Gasteiger partial charge in [0.1, 0.15) is 24.6 Å². The number of benzene rings is 1. The maximum Gasteiger partial charge on any atom is 0.379 e. The molecule has 0 radical (unpaired) electrons. The Hall–Kier alpha value is -4.18. The highest BCUT2D eigenvalue weighted by Crippen LogP contribution is 2.40. The van der Waals surface area contributed by atoms with Gasteiger partial charge in [-0.1, -0.05) is 15.9 Å². The zero-order valence-electron chi connectivity index (χ0n) is 24.8. The molecule has 44 heavy (non-hydrogen) atoms. The molecule has 15 nitrogen and oxygen atoms in total. The fourth-order valence-corrected chi connectivity index (χ4v) is 5.19. The summed E-state index contributed by atoms with van der Waals surface area (Å²) in [5.74, 6) is -7.21. The maximum absolute atomic E-state index is 13.5. The largest absolute Gasteiger partial charge is 0.464 e. The number of aromatic amines is 1. The topological polar surface area (TPSA) is 195 Å². The van der Waals surface area contributed by atoms with Crippen molar-refractivity contribution in [3.63, 3.8) is 0 Å². The number of methoxy groups -OCH3 is 1. The van der Waals surface area contributed by atoms with Crippen LogP contribution in [0.3, 0.4) is 0 Å². The van der Waals surface area contributed by atoms with Gasteiger partial charge in [-0.15, -0.1) is 0 Å². The van der Waals surface area contributed by atoms with E-state index in [1.54, 1.807) is 18.2 Å². The summed E-state index contributed by atoms with van der Waals surface area (Å²) in [6.45, 7) is 4.90. The van der Waals surface area contributed by atoms with Gasteiger partial charge in [0, 0.05) is 56.2 Å². The van der Waals surface area contributed by atoms with E-state index in [1.165, 1.54) is 13.1 Å². The molecule has 1 aliphatic heterocycles. The summed E-state index contributed by atoms with van der Waals surface area (Å²) >= 11 is 3.40. The number of rotatable bonds is 11. The molecule has 0 saturated carbocycles. The summed E-state index contributed by atoms with van der Waals surface area (Å²) < 4.78 is 39.8. The van der Waals surface area contributed by atoms with Crippen molar-refractivity contribution in [1.82, 2.24) is 10.3 Å². The van der Waals surface area contributed by atoms with Crippen LogP contribution in [0.4, 0.5) is 0 Å². The molecule has 1 aromatic heterocycles. The lowest BCUT2D eigenvalue weighted by atomic mass is 9.88. The minimum absolute atomic E-state index is 0.130. The van der Waals surface area contributed by atoms with E-state index in [2.05, 4.69) is 26.2 Å². The Kier molecular flexibility index (Phi) is 11.3. The molecule has 1 saturated heterocycles. The lowest BCUT2D eigenvalue weighted by molar-refractivity contribution is -0.289. The molecule has 2 heterocycles. The summed E-state index contributed by atoms with van der Waals surface area (Å²) in [6.07, 6.45) is -5.19. The van der Waals surface area contributed by atoms with Crippen molar-refractivity contribution in [2.75, 3.05) is 13.7 Å². The monoisotopic (exact) mass is 684 g/mol. The molecule has 3 rings (SSSR count). The first-order chi connectivity index (χ1) is 20.6. The Morgan fingerprint density at radius 3 is 2.27 bits per heavy atom. The minimum atomic E-state index is -2.38. The number of carbonyl (C=O) groups is 6. The second-order valence-corrected chi connectivity index (χ2v) is 10.8. The van der Waals surface area contributed by atoms with E-state index in [4.69, 9.17) is 33.2 Å². The predicted octanol–water partition coefficient (Wildman–Crippen LogP) is 1.83. The standard InChI is InChI=1S/C28H33BrN2O13/c1-13(32)31-24-21(40-15(3)34)10-28(27(37)38-6,43-22-11-30-20-8-7-18(29)9-19(20)22)44-26(24)25(42-17(5)36)23(41-16(4)35)12-39-14(2)33/h7-9,11,21,23-26,30H,10,12H2,1-6H3,(H,31,32)/t21-,23+,24+,25+,26+,28-/m0/s1. The van der Waals surface area contributed by atoms with Crippen molar-refractivity contribution < 1.29 is 61.9 Å². The number of halogens is 1. The second kappa shape index (κ2) is 14.5. The number of nitrogens with one attached hydrogen (secondary N) is 2. The van der Waals surface area contributed by atoms with E-state index in [0.29, 0.717) is 15.4 Å². The summed E-state index contributed by atoms with van der Waals surface area (Å²) in [6, 6.07) is 3.94. The molecular weight excluding hydrogens is 652 g/mol. The Morgan fingerprint density at radius 1 is 1.02 bits per heavy atom. The summed E-state index contributed by atoms with van der Waals surface area (Å²) in [7, 11) is 1.07. The number of amides is 1. The van der Waals surface area contributed by atoms with Gasteiger partial charge in [0.05, 0.1) is 19.6 Å². The molecule has 0 aliphatic carbocycles. The van der Waals surface area contributed by atoms with Crippen LogP contribution in [0.2, 0.25) is 0 Å². The molecular formula is C28H33BrN2O13. The molecule has 1 fully saturated rings. The van der Waals surface area contributed by atoms with Gasteiger partial charge in [-0.05, 0) is 18.2 Å². The molecule has 16 heteroatoms. The lowest BCUT2D eigenvalue weighted by Gasteiger charge is -2.48. The third-order valence-corrected chi connectivity index (χ3v) is 6.87. The van der Waals surface area contributed by atoms with Gasteiger partial charge in [-0.3, -0.25) is 24.0 Å². The van der Waals surface area contributed by atoms with Crippen molar-refractivity contribution in [2.24, 2.45) is 0 Å². The molecule has 0 spiro atoms. The van der Waals surface area contributed by atoms with E-state index in [1.807, 2.05) is 0 Å². The smallest absolute Gasteiger partial charge is 0.379 e. The van der Waals surface area contributed by atoms with Gasteiger partial charge in [-0.2, -0.15) is 0 Å². The minimum Gasteiger partial charge on any atom is -0.464 e. The van der Waals surface area contributed by atoms with Gasteiger partial charge >= 0.3 is 35.6 Å². The van der Waals surface area contributed by atoms with Gasteiger partial charge in [0.2, 0.25) is 5.91 Å². The second-order valence-electron chi connectivity index (χ2n) is 9.87. The first-order valence-corrected chi connectivity index (χ1v) is 14.1. The normalized spacial score (nSPS) is 22.6. The zero-order chi connectivity index (χ0) is 32.8. The molecule has 0 bridgehead atoms. The Labute approximate surface area is 260 Å². The van der Waals surface area contributed by atoms with Crippen molar-refractivity contribution >= 4 is 62.6 Å². The highest BCUT2D eigenvalue weighted by atomic mass is 79.9. The van der Waals surface area contributed by atoms with Crippen molar-refractivity contribution in [1.29, 1.82) is 0 Å². The number of hydrogen-bond acceptors (Lipinski definition) is 13. The average molecular weight is 685 g/mol. The number of H-pyrrole nitrogens is 1.